The average molecular weight is 309 g/mol. The lowest BCUT2D eigenvalue weighted by atomic mass is 10.2. The molecule has 1 heterocycles. The number of nitrogens with zero attached hydrogens (tertiary/aromatic N) is 3. The maximum Gasteiger partial charge on any atom is 0.276 e. The SMILES string of the molecule is CSc1nnc(-c2cccc(NC(=S)NN(C)C)c2)o1. The van der Waals surface area contributed by atoms with Crippen molar-refractivity contribution in [3.05, 3.63) is 24.3 Å². The summed E-state index contributed by atoms with van der Waals surface area (Å²) in [6.07, 6.45) is 1.89. The Morgan fingerprint density at radius 1 is 1.35 bits per heavy atom. The van der Waals surface area contributed by atoms with Gasteiger partial charge in [0.2, 0.25) is 5.89 Å². The fraction of sp³-hybridized carbons (Fsp3) is 0.250. The Hall–Kier alpha value is -1.64. The monoisotopic (exact) mass is 309 g/mol. The molecular weight excluding hydrogens is 294 g/mol. The van der Waals surface area contributed by atoms with Crippen molar-refractivity contribution in [1.29, 1.82) is 0 Å². The molecule has 0 fully saturated rings. The van der Waals surface area contributed by atoms with Crippen LogP contribution in [0.1, 0.15) is 0 Å². The highest BCUT2D eigenvalue weighted by Crippen LogP contribution is 2.24. The second-order valence-electron chi connectivity index (χ2n) is 4.12. The normalized spacial score (nSPS) is 10.6. The van der Waals surface area contributed by atoms with E-state index < -0.39 is 0 Å². The number of hydrogen-bond donors (Lipinski definition) is 2. The minimum atomic E-state index is 0.490. The van der Waals surface area contributed by atoms with E-state index in [1.54, 1.807) is 5.01 Å². The fourth-order valence-corrected chi connectivity index (χ4v) is 2.09. The van der Waals surface area contributed by atoms with Gasteiger partial charge in [-0.1, -0.05) is 17.8 Å². The first-order chi connectivity index (χ1) is 9.58. The van der Waals surface area contributed by atoms with Crippen LogP contribution in [0.5, 0.6) is 0 Å². The molecule has 0 radical (unpaired) electrons. The van der Waals surface area contributed by atoms with Crippen LogP contribution >= 0.6 is 24.0 Å². The molecule has 0 bridgehead atoms. The summed E-state index contributed by atoms with van der Waals surface area (Å²) in [5, 5.41) is 13.8. The van der Waals surface area contributed by atoms with Crippen LogP contribution in [0.4, 0.5) is 5.69 Å². The molecule has 0 saturated heterocycles. The number of thiocarbonyl (C=S) groups is 1. The van der Waals surface area contributed by atoms with Crippen molar-refractivity contribution in [3.8, 4) is 11.5 Å². The maximum absolute atomic E-state index is 5.50. The quantitative estimate of drug-likeness (QED) is 0.506. The summed E-state index contributed by atoms with van der Waals surface area (Å²) >= 11 is 6.59. The first-order valence-corrected chi connectivity index (χ1v) is 7.44. The third-order valence-corrected chi connectivity index (χ3v) is 2.98. The van der Waals surface area contributed by atoms with Gasteiger partial charge in [-0.2, -0.15) is 0 Å². The van der Waals surface area contributed by atoms with Crippen molar-refractivity contribution < 1.29 is 4.42 Å². The molecule has 0 atom stereocenters. The number of hydrazine groups is 1. The summed E-state index contributed by atoms with van der Waals surface area (Å²) in [6.45, 7) is 0. The number of anilines is 1. The average Bonchev–Trinajstić information content (AvgIpc) is 2.86. The molecule has 20 heavy (non-hydrogen) atoms. The van der Waals surface area contributed by atoms with Gasteiger partial charge in [-0.3, -0.25) is 5.43 Å². The molecule has 0 aliphatic heterocycles. The zero-order valence-electron chi connectivity index (χ0n) is 11.4. The van der Waals surface area contributed by atoms with Crippen molar-refractivity contribution >= 4 is 34.8 Å². The van der Waals surface area contributed by atoms with E-state index in [9.17, 15) is 0 Å². The van der Waals surface area contributed by atoms with Gasteiger partial charge in [-0.15, -0.1) is 10.2 Å². The molecule has 2 rings (SSSR count). The highest BCUT2D eigenvalue weighted by molar-refractivity contribution is 7.98. The number of hydrogen-bond acceptors (Lipinski definition) is 6. The predicted octanol–water partition coefficient (Wildman–Crippen LogP) is 2.22. The van der Waals surface area contributed by atoms with E-state index in [1.807, 2.05) is 44.6 Å². The standard InChI is InChI=1S/C12H15N5OS2/c1-17(2)16-11(19)13-9-6-4-5-8(7-9)10-14-15-12(18-10)20-3/h4-7H,1-3H3,(H2,13,16,19). The smallest absolute Gasteiger partial charge is 0.276 e. The predicted molar refractivity (Wildman–Crippen MR) is 84.6 cm³/mol. The molecule has 6 nitrogen and oxygen atoms in total. The van der Waals surface area contributed by atoms with Crippen LogP contribution < -0.4 is 10.7 Å². The van der Waals surface area contributed by atoms with E-state index in [0.29, 0.717) is 16.2 Å². The Kier molecular flexibility index (Phi) is 4.94. The molecule has 0 amide bonds. The Labute approximate surface area is 126 Å². The summed E-state index contributed by atoms with van der Waals surface area (Å²) in [7, 11) is 3.74. The van der Waals surface area contributed by atoms with E-state index in [-0.39, 0.29) is 0 Å². The largest absolute Gasteiger partial charge is 0.411 e. The van der Waals surface area contributed by atoms with E-state index >= 15 is 0 Å². The van der Waals surface area contributed by atoms with Crippen LogP contribution in [0.2, 0.25) is 0 Å². The van der Waals surface area contributed by atoms with Crippen LogP contribution in [0.15, 0.2) is 33.9 Å². The number of thioether (sulfide) groups is 1. The highest BCUT2D eigenvalue weighted by atomic mass is 32.2. The van der Waals surface area contributed by atoms with E-state index in [4.69, 9.17) is 16.6 Å². The topological polar surface area (TPSA) is 66.2 Å². The van der Waals surface area contributed by atoms with Gasteiger partial charge in [-0.05, 0) is 36.7 Å². The molecule has 2 aromatic rings. The summed E-state index contributed by atoms with van der Waals surface area (Å²) in [5.41, 5.74) is 4.66. The summed E-state index contributed by atoms with van der Waals surface area (Å²) in [6, 6.07) is 7.63. The van der Waals surface area contributed by atoms with Crippen LogP contribution in [0.25, 0.3) is 11.5 Å². The number of rotatable bonds is 4. The van der Waals surface area contributed by atoms with Crippen molar-refractivity contribution in [3.63, 3.8) is 0 Å². The van der Waals surface area contributed by atoms with E-state index in [2.05, 4.69) is 20.9 Å². The Balaban J connectivity index is 2.13. The second kappa shape index (κ2) is 6.69. The first kappa shape index (κ1) is 14.8. The molecule has 0 spiro atoms. The fourth-order valence-electron chi connectivity index (χ4n) is 1.50. The second-order valence-corrected chi connectivity index (χ2v) is 5.28. The highest BCUT2D eigenvalue weighted by Gasteiger charge is 2.08. The van der Waals surface area contributed by atoms with Crippen LogP contribution in [-0.4, -0.2) is 40.7 Å². The van der Waals surface area contributed by atoms with Crippen LogP contribution in [0, 0.1) is 0 Å². The minimum Gasteiger partial charge on any atom is -0.411 e. The van der Waals surface area contributed by atoms with Crippen molar-refractivity contribution in [2.75, 3.05) is 25.7 Å². The van der Waals surface area contributed by atoms with Gasteiger partial charge >= 0.3 is 0 Å². The van der Waals surface area contributed by atoms with Crippen molar-refractivity contribution in [1.82, 2.24) is 20.6 Å². The van der Waals surface area contributed by atoms with E-state index in [0.717, 1.165) is 11.3 Å². The van der Waals surface area contributed by atoms with Gasteiger partial charge in [0.15, 0.2) is 5.11 Å². The lowest BCUT2D eigenvalue weighted by molar-refractivity contribution is 0.365. The van der Waals surface area contributed by atoms with Gasteiger partial charge < -0.3 is 9.73 Å². The Morgan fingerprint density at radius 2 is 2.15 bits per heavy atom. The van der Waals surface area contributed by atoms with Gasteiger partial charge in [0.25, 0.3) is 5.22 Å². The summed E-state index contributed by atoms with van der Waals surface area (Å²) in [5.74, 6) is 0.490. The van der Waals surface area contributed by atoms with Gasteiger partial charge in [0.1, 0.15) is 0 Å². The molecular formula is C12H15N5OS2. The third kappa shape index (κ3) is 3.92. The number of nitrogens with one attached hydrogen (secondary N) is 2. The lowest BCUT2D eigenvalue weighted by Crippen LogP contribution is -2.38. The third-order valence-electron chi connectivity index (χ3n) is 2.27. The Bertz CT molecular complexity index is 599. The molecule has 8 heteroatoms. The summed E-state index contributed by atoms with van der Waals surface area (Å²) in [4.78, 5) is 0. The molecule has 0 aliphatic carbocycles. The maximum atomic E-state index is 5.50. The lowest BCUT2D eigenvalue weighted by Gasteiger charge is -2.15. The first-order valence-electron chi connectivity index (χ1n) is 5.81. The van der Waals surface area contributed by atoms with E-state index in [1.165, 1.54) is 11.8 Å². The minimum absolute atomic E-state index is 0.490. The number of aromatic nitrogens is 2. The molecule has 2 N–H and O–H groups in total. The molecule has 106 valence electrons. The van der Waals surface area contributed by atoms with Crippen LogP contribution in [-0.2, 0) is 0 Å². The molecule has 1 aromatic carbocycles. The van der Waals surface area contributed by atoms with Gasteiger partial charge in [-0.25, -0.2) is 5.01 Å². The molecule has 1 aromatic heterocycles. The Morgan fingerprint density at radius 3 is 2.80 bits per heavy atom. The zero-order valence-corrected chi connectivity index (χ0v) is 13.0. The molecule has 0 aliphatic rings. The van der Waals surface area contributed by atoms with Gasteiger partial charge in [0, 0.05) is 25.3 Å². The molecule has 0 unspecified atom stereocenters. The van der Waals surface area contributed by atoms with Gasteiger partial charge in [0.05, 0.1) is 0 Å². The summed E-state index contributed by atoms with van der Waals surface area (Å²) < 4.78 is 5.50. The van der Waals surface area contributed by atoms with Crippen molar-refractivity contribution in [2.45, 2.75) is 5.22 Å². The van der Waals surface area contributed by atoms with Crippen LogP contribution in [0.3, 0.4) is 0 Å². The molecule has 0 saturated carbocycles. The number of benzene rings is 1. The van der Waals surface area contributed by atoms with Crippen molar-refractivity contribution in [2.24, 2.45) is 0 Å². The zero-order chi connectivity index (χ0) is 14.5.